The van der Waals surface area contributed by atoms with E-state index in [0.29, 0.717) is 5.69 Å². The maximum absolute atomic E-state index is 11.2. The van der Waals surface area contributed by atoms with Gasteiger partial charge in [0, 0.05) is 30.0 Å². The number of sulfonamides is 1. The van der Waals surface area contributed by atoms with Gasteiger partial charge in [0.05, 0.1) is 4.90 Å². The van der Waals surface area contributed by atoms with E-state index in [4.69, 9.17) is 10.9 Å². The van der Waals surface area contributed by atoms with Crippen molar-refractivity contribution < 1.29 is 8.42 Å². The first-order chi connectivity index (χ1) is 8.38. The van der Waals surface area contributed by atoms with E-state index in [1.165, 1.54) is 23.9 Å². The van der Waals surface area contributed by atoms with Gasteiger partial charge in [-0.2, -0.15) is 0 Å². The van der Waals surface area contributed by atoms with E-state index in [-0.39, 0.29) is 4.90 Å². The minimum absolute atomic E-state index is 0.00388. The highest BCUT2D eigenvalue weighted by molar-refractivity contribution is 7.99. The number of nitrogens with two attached hydrogens (primary N) is 2. The van der Waals surface area contributed by atoms with Crippen molar-refractivity contribution >= 4 is 27.5 Å². The van der Waals surface area contributed by atoms with Crippen LogP contribution in [-0.2, 0) is 17.1 Å². The Hall–Kier alpha value is -1.51. The summed E-state index contributed by atoms with van der Waals surface area (Å²) in [6.45, 7) is 0. The second-order valence-electron chi connectivity index (χ2n) is 3.67. The average Bonchev–Trinajstić information content (AvgIpc) is 2.66. The fourth-order valence-corrected chi connectivity index (χ4v) is 2.72. The van der Waals surface area contributed by atoms with Crippen molar-refractivity contribution in [3.05, 3.63) is 30.6 Å². The summed E-state index contributed by atoms with van der Waals surface area (Å²) in [5, 5.41) is 5.80. The molecule has 4 N–H and O–H groups in total. The zero-order valence-corrected chi connectivity index (χ0v) is 11.2. The second-order valence-corrected chi connectivity index (χ2v) is 6.24. The Morgan fingerprint density at radius 3 is 2.61 bits per heavy atom. The molecule has 0 aliphatic rings. The quantitative estimate of drug-likeness (QED) is 0.811. The highest BCUT2D eigenvalue weighted by Crippen LogP contribution is 2.31. The van der Waals surface area contributed by atoms with Crippen LogP contribution in [0.25, 0.3) is 0 Å². The number of nitrogen functional groups attached to an aromatic ring is 1. The van der Waals surface area contributed by atoms with Crippen molar-refractivity contribution in [2.45, 2.75) is 14.9 Å². The van der Waals surface area contributed by atoms with Gasteiger partial charge in [0.1, 0.15) is 0 Å². The highest BCUT2D eigenvalue weighted by Gasteiger charge is 2.11. The summed E-state index contributed by atoms with van der Waals surface area (Å²) in [6.07, 6.45) is 3.49. The SMILES string of the molecule is Cn1ccnc1Sc1ccc(S(N)(=O)=O)cc1N. The molecule has 1 aromatic carbocycles. The van der Waals surface area contributed by atoms with Gasteiger partial charge < -0.3 is 10.3 Å². The van der Waals surface area contributed by atoms with Crippen molar-refractivity contribution in [2.75, 3.05) is 5.73 Å². The van der Waals surface area contributed by atoms with Crippen LogP contribution >= 0.6 is 11.8 Å². The molecule has 0 saturated carbocycles. The van der Waals surface area contributed by atoms with Crippen molar-refractivity contribution in [1.82, 2.24) is 9.55 Å². The van der Waals surface area contributed by atoms with Crippen molar-refractivity contribution in [1.29, 1.82) is 0 Å². The van der Waals surface area contributed by atoms with E-state index in [9.17, 15) is 8.42 Å². The van der Waals surface area contributed by atoms with Gasteiger partial charge in [-0.1, -0.05) is 0 Å². The Morgan fingerprint density at radius 2 is 2.11 bits per heavy atom. The van der Waals surface area contributed by atoms with Crippen LogP contribution in [0.15, 0.2) is 45.5 Å². The van der Waals surface area contributed by atoms with Crippen LogP contribution in [0.5, 0.6) is 0 Å². The molecule has 2 rings (SSSR count). The molecule has 0 amide bonds. The molecule has 18 heavy (non-hydrogen) atoms. The Kier molecular flexibility index (Phi) is 3.33. The molecular weight excluding hydrogens is 272 g/mol. The predicted octanol–water partition coefficient (Wildman–Crippen LogP) is 0.801. The summed E-state index contributed by atoms with van der Waals surface area (Å²) in [6, 6.07) is 4.39. The summed E-state index contributed by atoms with van der Waals surface area (Å²) in [5.41, 5.74) is 6.16. The number of primary sulfonamides is 1. The maximum atomic E-state index is 11.2. The van der Waals surface area contributed by atoms with Crippen LogP contribution in [0.3, 0.4) is 0 Å². The lowest BCUT2D eigenvalue weighted by atomic mass is 10.3. The van der Waals surface area contributed by atoms with Gasteiger partial charge in [0.2, 0.25) is 10.0 Å². The van der Waals surface area contributed by atoms with Crippen LogP contribution in [-0.4, -0.2) is 18.0 Å². The topological polar surface area (TPSA) is 104 Å². The normalized spacial score (nSPS) is 11.7. The standard InChI is InChI=1S/C10H12N4O2S2/c1-14-5-4-13-10(14)17-9-3-2-7(6-8(9)11)18(12,15)16/h2-6H,11H2,1H3,(H2,12,15,16). The maximum Gasteiger partial charge on any atom is 0.238 e. The van der Waals surface area contributed by atoms with Gasteiger partial charge in [-0.05, 0) is 30.0 Å². The van der Waals surface area contributed by atoms with Gasteiger partial charge in [-0.15, -0.1) is 0 Å². The van der Waals surface area contributed by atoms with Crippen molar-refractivity contribution in [2.24, 2.45) is 12.2 Å². The molecule has 0 bridgehead atoms. The van der Waals surface area contributed by atoms with Crippen LogP contribution in [0.2, 0.25) is 0 Å². The Labute approximate surface area is 109 Å². The lowest BCUT2D eigenvalue weighted by Crippen LogP contribution is -2.12. The monoisotopic (exact) mass is 284 g/mol. The van der Waals surface area contributed by atoms with E-state index in [1.807, 2.05) is 17.8 Å². The molecule has 0 fully saturated rings. The van der Waals surface area contributed by atoms with E-state index < -0.39 is 10.0 Å². The molecule has 0 aliphatic heterocycles. The molecule has 1 aromatic heterocycles. The van der Waals surface area contributed by atoms with Gasteiger partial charge in [-0.25, -0.2) is 18.5 Å². The zero-order valence-electron chi connectivity index (χ0n) is 9.57. The minimum atomic E-state index is -3.72. The van der Waals surface area contributed by atoms with Gasteiger partial charge >= 0.3 is 0 Å². The lowest BCUT2D eigenvalue weighted by Gasteiger charge is -2.06. The molecule has 0 aliphatic carbocycles. The summed E-state index contributed by atoms with van der Waals surface area (Å²) >= 11 is 1.36. The molecule has 0 spiro atoms. The summed E-state index contributed by atoms with van der Waals surface area (Å²) in [7, 11) is -1.86. The third kappa shape index (κ3) is 2.66. The molecule has 0 radical (unpaired) electrons. The van der Waals surface area contributed by atoms with Gasteiger partial charge in [0.15, 0.2) is 5.16 Å². The van der Waals surface area contributed by atoms with Gasteiger partial charge in [-0.3, -0.25) is 0 Å². The Bertz CT molecular complexity index is 679. The first kappa shape index (κ1) is 12.9. The van der Waals surface area contributed by atoms with Crippen LogP contribution in [0.1, 0.15) is 0 Å². The molecule has 0 unspecified atom stereocenters. The first-order valence-electron chi connectivity index (χ1n) is 4.95. The Balaban J connectivity index is 2.34. The second kappa shape index (κ2) is 4.63. The highest BCUT2D eigenvalue weighted by atomic mass is 32.2. The van der Waals surface area contributed by atoms with E-state index in [2.05, 4.69) is 4.98 Å². The summed E-state index contributed by atoms with van der Waals surface area (Å²) in [4.78, 5) is 4.89. The van der Waals surface area contributed by atoms with Crippen LogP contribution in [0.4, 0.5) is 5.69 Å². The minimum Gasteiger partial charge on any atom is -0.398 e. The average molecular weight is 284 g/mol. The van der Waals surface area contributed by atoms with E-state index >= 15 is 0 Å². The molecule has 0 atom stereocenters. The smallest absolute Gasteiger partial charge is 0.238 e. The van der Waals surface area contributed by atoms with Crippen molar-refractivity contribution in [3.63, 3.8) is 0 Å². The number of hydrogen-bond acceptors (Lipinski definition) is 5. The first-order valence-corrected chi connectivity index (χ1v) is 7.32. The van der Waals surface area contributed by atoms with E-state index in [1.54, 1.807) is 12.3 Å². The number of imidazole rings is 1. The molecule has 8 heteroatoms. The molecule has 96 valence electrons. The van der Waals surface area contributed by atoms with Crippen LogP contribution < -0.4 is 10.9 Å². The van der Waals surface area contributed by atoms with Gasteiger partial charge in [0.25, 0.3) is 0 Å². The summed E-state index contributed by atoms with van der Waals surface area (Å²) in [5.74, 6) is 0. The number of nitrogens with zero attached hydrogens (tertiary/aromatic N) is 2. The number of aryl methyl sites for hydroxylation is 1. The molecule has 1 heterocycles. The fourth-order valence-electron chi connectivity index (χ4n) is 1.35. The van der Waals surface area contributed by atoms with Crippen LogP contribution in [0, 0.1) is 0 Å². The third-order valence-electron chi connectivity index (χ3n) is 2.29. The molecule has 2 aromatic rings. The molecule has 0 saturated heterocycles. The van der Waals surface area contributed by atoms with E-state index in [0.717, 1.165) is 10.1 Å². The predicted molar refractivity (Wildman–Crippen MR) is 69.6 cm³/mol. The molecular formula is C10H12N4O2S2. The summed E-state index contributed by atoms with van der Waals surface area (Å²) < 4.78 is 24.2. The number of benzene rings is 1. The van der Waals surface area contributed by atoms with Crippen molar-refractivity contribution in [3.8, 4) is 0 Å². The largest absolute Gasteiger partial charge is 0.398 e. The molecule has 6 nitrogen and oxygen atoms in total. The number of hydrogen-bond donors (Lipinski definition) is 2. The lowest BCUT2D eigenvalue weighted by molar-refractivity contribution is 0.598. The Morgan fingerprint density at radius 1 is 1.39 bits per heavy atom. The fraction of sp³-hybridized carbons (Fsp3) is 0.100. The number of aromatic nitrogens is 2. The zero-order chi connectivity index (χ0) is 13.3. The number of rotatable bonds is 3. The third-order valence-corrected chi connectivity index (χ3v) is 4.37. The number of anilines is 1.